The van der Waals surface area contributed by atoms with E-state index in [1.54, 1.807) is 0 Å². The van der Waals surface area contributed by atoms with Gasteiger partial charge in [-0.05, 0) is 24.6 Å². The van der Waals surface area contributed by atoms with Crippen LogP contribution < -0.4 is 0 Å². The predicted octanol–water partition coefficient (Wildman–Crippen LogP) is 0.579. The zero-order valence-corrected chi connectivity index (χ0v) is 12.5. The van der Waals surface area contributed by atoms with Gasteiger partial charge in [0.15, 0.2) is 9.84 Å². The second-order valence-corrected chi connectivity index (χ2v) is 7.56. The maximum Gasteiger partial charge on any atom is 0.302 e. The number of aryl methyl sites for hydroxylation is 1. The molecule has 0 aliphatic carbocycles. The van der Waals surface area contributed by atoms with E-state index in [1.165, 1.54) is 19.1 Å². The van der Waals surface area contributed by atoms with Crippen molar-refractivity contribution in [1.29, 1.82) is 0 Å². The van der Waals surface area contributed by atoms with Crippen LogP contribution in [0.15, 0.2) is 28.0 Å². The lowest BCUT2D eigenvalue weighted by atomic mass is 10.2. The van der Waals surface area contributed by atoms with Crippen molar-refractivity contribution in [3.63, 3.8) is 0 Å². The van der Waals surface area contributed by atoms with Crippen LogP contribution in [0.25, 0.3) is 0 Å². The van der Waals surface area contributed by atoms with Gasteiger partial charge in [-0.1, -0.05) is 6.07 Å². The molecule has 0 unspecified atom stereocenters. The zero-order valence-electron chi connectivity index (χ0n) is 10.9. The lowest BCUT2D eigenvalue weighted by molar-refractivity contribution is -0.140. The van der Waals surface area contributed by atoms with Gasteiger partial charge in [-0.15, -0.1) is 0 Å². The van der Waals surface area contributed by atoms with Crippen molar-refractivity contribution in [1.82, 2.24) is 0 Å². The quantitative estimate of drug-likeness (QED) is 0.622. The third kappa shape index (κ3) is 4.29. The molecule has 0 radical (unpaired) electrons. The summed E-state index contributed by atoms with van der Waals surface area (Å²) in [4.78, 5) is 9.84. The smallest absolute Gasteiger partial charge is 0.302 e. The van der Waals surface area contributed by atoms with Crippen molar-refractivity contribution in [2.24, 2.45) is 0 Å². The van der Waals surface area contributed by atoms with E-state index in [0.29, 0.717) is 0 Å². The molecule has 1 rings (SSSR count). The first-order valence-corrected chi connectivity index (χ1v) is 8.57. The van der Waals surface area contributed by atoms with Crippen LogP contribution in [-0.2, 0) is 29.5 Å². The Balaban J connectivity index is 3.11. The Morgan fingerprint density at radius 2 is 1.85 bits per heavy atom. The molecule has 0 bridgehead atoms. The largest absolute Gasteiger partial charge is 0.465 e. The molecule has 7 nitrogen and oxygen atoms in total. The second-order valence-electron chi connectivity index (χ2n) is 4.06. The zero-order chi connectivity index (χ0) is 15.6. The molecular formula is C11H14O7S2. The molecule has 0 amide bonds. The average Bonchev–Trinajstić information content (AvgIpc) is 2.26. The van der Waals surface area contributed by atoms with E-state index >= 15 is 0 Å². The summed E-state index contributed by atoms with van der Waals surface area (Å²) in [6.07, 6.45) is 0. The standard InChI is InChI=1S/C11H14O7S2/c1-8-3-4-10(7-11(8)20(15,16)17)19(13,14)6-5-18-9(2)12/h3-4,7H,5-6H2,1-2H3,(H,15,16,17). The highest BCUT2D eigenvalue weighted by atomic mass is 32.2. The van der Waals surface area contributed by atoms with Crippen molar-refractivity contribution in [3.8, 4) is 0 Å². The summed E-state index contributed by atoms with van der Waals surface area (Å²) in [7, 11) is -8.31. The molecule has 0 heterocycles. The maximum absolute atomic E-state index is 11.9. The van der Waals surface area contributed by atoms with Gasteiger partial charge < -0.3 is 4.74 Å². The number of carbonyl (C=O) groups is 1. The molecule has 0 atom stereocenters. The first-order valence-electron chi connectivity index (χ1n) is 5.48. The highest BCUT2D eigenvalue weighted by Crippen LogP contribution is 2.20. The molecule has 1 aromatic rings. The second kappa shape index (κ2) is 5.90. The summed E-state index contributed by atoms with van der Waals surface area (Å²) in [5.74, 6) is -1.08. The minimum Gasteiger partial charge on any atom is -0.465 e. The summed E-state index contributed by atoms with van der Waals surface area (Å²) in [6.45, 7) is 2.25. The molecule has 0 aliphatic rings. The van der Waals surface area contributed by atoms with E-state index in [2.05, 4.69) is 4.74 Å². The number of rotatable bonds is 5. The molecule has 0 saturated carbocycles. The Kier molecular flexibility index (Phi) is 4.90. The van der Waals surface area contributed by atoms with Crippen LogP contribution in [0.4, 0.5) is 0 Å². The summed E-state index contributed by atoms with van der Waals surface area (Å²) < 4.78 is 59.7. The van der Waals surface area contributed by atoms with Crippen molar-refractivity contribution in [2.75, 3.05) is 12.4 Å². The van der Waals surface area contributed by atoms with Crippen LogP contribution in [0.1, 0.15) is 12.5 Å². The third-order valence-corrected chi connectivity index (χ3v) is 5.13. The number of benzene rings is 1. The molecule has 0 aliphatic heterocycles. The molecule has 0 spiro atoms. The fourth-order valence-electron chi connectivity index (χ4n) is 1.46. The highest BCUT2D eigenvalue weighted by Gasteiger charge is 2.20. The molecule has 20 heavy (non-hydrogen) atoms. The van der Waals surface area contributed by atoms with Gasteiger partial charge in [-0.2, -0.15) is 8.42 Å². The van der Waals surface area contributed by atoms with Gasteiger partial charge in [0.25, 0.3) is 10.1 Å². The van der Waals surface area contributed by atoms with Crippen molar-refractivity contribution < 1.29 is 30.9 Å². The van der Waals surface area contributed by atoms with E-state index in [0.717, 1.165) is 13.0 Å². The summed E-state index contributed by atoms with van der Waals surface area (Å²) in [5, 5.41) is 0. The number of ether oxygens (including phenoxy) is 1. The number of esters is 1. The number of carbonyl (C=O) groups excluding carboxylic acids is 1. The molecule has 0 saturated heterocycles. The average molecular weight is 322 g/mol. The Morgan fingerprint density at radius 1 is 1.25 bits per heavy atom. The normalized spacial score (nSPS) is 12.2. The number of hydrogen-bond acceptors (Lipinski definition) is 6. The molecule has 0 aromatic heterocycles. The van der Waals surface area contributed by atoms with Crippen LogP contribution in [0.3, 0.4) is 0 Å². The van der Waals surface area contributed by atoms with Crippen LogP contribution in [-0.4, -0.2) is 39.7 Å². The van der Waals surface area contributed by atoms with Crippen molar-refractivity contribution in [2.45, 2.75) is 23.6 Å². The van der Waals surface area contributed by atoms with Gasteiger partial charge in [-0.25, -0.2) is 8.42 Å². The molecule has 1 N–H and O–H groups in total. The summed E-state index contributed by atoms with van der Waals surface area (Å²) in [6, 6.07) is 3.39. The van der Waals surface area contributed by atoms with Gasteiger partial charge in [0, 0.05) is 6.92 Å². The van der Waals surface area contributed by atoms with Gasteiger partial charge in [0.1, 0.15) is 6.61 Å². The van der Waals surface area contributed by atoms with Gasteiger partial charge in [-0.3, -0.25) is 9.35 Å². The molecule has 112 valence electrons. The topological polar surface area (TPSA) is 115 Å². The number of sulfone groups is 1. The first kappa shape index (κ1) is 16.6. The van der Waals surface area contributed by atoms with Gasteiger partial charge in [0.05, 0.1) is 15.5 Å². The lowest BCUT2D eigenvalue weighted by Gasteiger charge is -2.08. The van der Waals surface area contributed by atoms with E-state index in [1.807, 2.05) is 0 Å². The molecule has 0 fully saturated rings. The fourth-order valence-corrected chi connectivity index (χ4v) is 3.40. The molecule has 9 heteroatoms. The number of hydrogen-bond donors (Lipinski definition) is 1. The monoisotopic (exact) mass is 322 g/mol. The highest BCUT2D eigenvalue weighted by molar-refractivity contribution is 7.91. The SMILES string of the molecule is CC(=O)OCCS(=O)(=O)c1ccc(C)c(S(=O)(=O)O)c1. The Morgan fingerprint density at radius 3 is 2.35 bits per heavy atom. The lowest BCUT2D eigenvalue weighted by Crippen LogP contribution is -2.15. The Hall–Kier alpha value is -1.45. The molecule has 1 aromatic carbocycles. The van der Waals surface area contributed by atoms with E-state index in [4.69, 9.17) is 4.55 Å². The summed E-state index contributed by atoms with van der Waals surface area (Å²) >= 11 is 0. The Labute approximate surface area is 117 Å². The van der Waals surface area contributed by atoms with Crippen molar-refractivity contribution in [3.05, 3.63) is 23.8 Å². The van der Waals surface area contributed by atoms with Crippen LogP contribution in [0, 0.1) is 6.92 Å². The van der Waals surface area contributed by atoms with E-state index in [-0.39, 0.29) is 17.1 Å². The minimum atomic E-state index is -4.50. The maximum atomic E-state index is 11.9. The van der Waals surface area contributed by atoms with Gasteiger partial charge >= 0.3 is 5.97 Å². The predicted molar refractivity (Wildman–Crippen MR) is 69.7 cm³/mol. The minimum absolute atomic E-state index is 0.228. The summed E-state index contributed by atoms with van der Waals surface area (Å²) in [5.41, 5.74) is 0.228. The Bertz CT molecular complexity index is 717. The van der Waals surface area contributed by atoms with Crippen LogP contribution in [0.5, 0.6) is 0 Å². The van der Waals surface area contributed by atoms with Crippen molar-refractivity contribution >= 4 is 25.9 Å². The van der Waals surface area contributed by atoms with Crippen LogP contribution >= 0.6 is 0 Å². The van der Waals surface area contributed by atoms with Gasteiger partial charge in [0.2, 0.25) is 0 Å². The van der Waals surface area contributed by atoms with E-state index < -0.39 is 36.6 Å². The first-order chi connectivity index (χ1) is 9.04. The van der Waals surface area contributed by atoms with E-state index in [9.17, 15) is 21.6 Å². The fraction of sp³-hybridized carbons (Fsp3) is 0.364. The third-order valence-electron chi connectivity index (χ3n) is 2.45. The molecular weight excluding hydrogens is 308 g/mol. The van der Waals surface area contributed by atoms with Crippen LogP contribution in [0.2, 0.25) is 0 Å².